The minimum Gasteiger partial charge on any atom is -0.478 e. The van der Waals surface area contributed by atoms with Crippen LogP contribution in [0.2, 0.25) is 5.15 Å². The highest BCUT2D eigenvalue weighted by Crippen LogP contribution is 2.16. The zero-order chi connectivity index (χ0) is 12.8. The van der Waals surface area contributed by atoms with Gasteiger partial charge in [-0.2, -0.15) is 11.8 Å². The maximum absolute atomic E-state index is 10.8. The Bertz CT molecular complexity index is 401. The maximum Gasteiger partial charge on any atom is 0.335 e. The summed E-state index contributed by atoms with van der Waals surface area (Å²) in [7, 11) is 0. The van der Waals surface area contributed by atoms with E-state index in [1.165, 1.54) is 12.1 Å². The lowest BCUT2D eigenvalue weighted by atomic mass is 10.2. The molecule has 1 atom stereocenters. The van der Waals surface area contributed by atoms with Gasteiger partial charge in [-0.3, -0.25) is 0 Å². The molecule has 0 aliphatic rings. The number of pyridine rings is 1. The zero-order valence-corrected chi connectivity index (χ0v) is 11.3. The van der Waals surface area contributed by atoms with Crippen LogP contribution in [0.3, 0.4) is 0 Å². The molecule has 0 aromatic carbocycles. The van der Waals surface area contributed by atoms with Gasteiger partial charge in [0.15, 0.2) is 0 Å². The van der Waals surface area contributed by atoms with E-state index in [9.17, 15) is 4.79 Å². The summed E-state index contributed by atoms with van der Waals surface area (Å²) in [6, 6.07) is 3.06. The lowest BCUT2D eigenvalue weighted by Crippen LogP contribution is -2.17. The van der Waals surface area contributed by atoms with Gasteiger partial charge in [0.2, 0.25) is 0 Å². The van der Waals surface area contributed by atoms with Crippen LogP contribution in [0.25, 0.3) is 0 Å². The number of thioether (sulfide) groups is 1. The zero-order valence-electron chi connectivity index (χ0n) is 9.74. The van der Waals surface area contributed by atoms with Crippen LogP contribution in [0.1, 0.15) is 23.7 Å². The maximum atomic E-state index is 10.8. The van der Waals surface area contributed by atoms with E-state index < -0.39 is 5.97 Å². The van der Waals surface area contributed by atoms with Crippen LogP contribution in [-0.2, 0) is 0 Å². The standard InChI is InChI=1S/C11H15ClN2O2S/c1-7(3-4-17-2)13-10-6-8(11(15)16)5-9(12)14-10/h5-7H,3-4H2,1-2H3,(H,13,14)(H,15,16). The monoisotopic (exact) mass is 274 g/mol. The SMILES string of the molecule is CSCCC(C)Nc1cc(C(=O)O)cc(Cl)n1. The van der Waals surface area contributed by atoms with E-state index in [2.05, 4.69) is 10.3 Å². The molecule has 0 fully saturated rings. The highest BCUT2D eigenvalue weighted by atomic mass is 35.5. The average Bonchev–Trinajstić information content (AvgIpc) is 2.25. The molecule has 0 saturated heterocycles. The number of hydrogen-bond donors (Lipinski definition) is 2. The van der Waals surface area contributed by atoms with E-state index >= 15 is 0 Å². The molecule has 1 unspecified atom stereocenters. The van der Waals surface area contributed by atoms with Gasteiger partial charge >= 0.3 is 5.97 Å². The second-order valence-corrected chi connectivity index (χ2v) is 5.07. The Hall–Kier alpha value is -0.940. The number of halogens is 1. The molecule has 1 aromatic rings. The fourth-order valence-electron chi connectivity index (χ4n) is 1.31. The van der Waals surface area contributed by atoms with Crippen molar-refractivity contribution in [2.45, 2.75) is 19.4 Å². The smallest absolute Gasteiger partial charge is 0.335 e. The van der Waals surface area contributed by atoms with Crippen LogP contribution in [0.4, 0.5) is 5.82 Å². The van der Waals surface area contributed by atoms with Gasteiger partial charge in [-0.1, -0.05) is 11.6 Å². The summed E-state index contributed by atoms with van der Waals surface area (Å²) in [5.41, 5.74) is 0.143. The molecule has 0 saturated carbocycles. The minimum absolute atomic E-state index is 0.143. The van der Waals surface area contributed by atoms with E-state index in [0.717, 1.165) is 12.2 Å². The third kappa shape index (κ3) is 4.83. The Morgan fingerprint density at radius 2 is 2.35 bits per heavy atom. The van der Waals surface area contributed by atoms with E-state index in [0.29, 0.717) is 5.82 Å². The second-order valence-electron chi connectivity index (χ2n) is 3.70. The second kappa shape index (κ2) is 6.71. The Kier molecular flexibility index (Phi) is 5.58. The molecule has 17 heavy (non-hydrogen) atoms. The third-order valence-corrected chi connectivity index (χ3v) is 3.03. The van der Waals surface area contributed by atoms with E-state index in [-0.39, 0.29) is 16.8 Å². The molecule has 4 nitrogen and oxygen atoms in total. The van der Waals surface area contributed by atoms with Gasteiger partial charge in [-0.25, -0.2) is 9.78 Å². The number of aromatic carboxylic acids is 1. The molecule has 0 bridgehead atoms. The quantitative estimate of drug-likeness (QED) is 0.781. The molecule has 1 aromatic heterocycles. The van der Waals surface area contributed by atoms with Crippen LogP contribution in [0.5, 0.6) is 0 Å². The fraction of sp³-hybridized carbons (Fsp3) is 0.455. The Labute approximate surface area is 110 Å². The molecule has 1 heterocycles. The summed E-state index contributed by atoms with van der Waals surface area (Å²) >= 11 is 7.53. The summed E-state index contributed by atoms with van der Waals surface area (Å²) in [4.78, 5) is 14.9. The van der Waals surface area contributed by atoms with Crippen LogP contribution in [0.15, 0.2) is 12.1 Å². The Balaban J connectivity index is 2.73. The van der Waals surface area contributed by atoms with Gasteiger partial charge in [0.1, 0.15) is 11.0 Å². The number of nitrogens with one attached hydrogen (secondary N) is 1. The Morgan fingerprint density at radius 1 is 1.65 bits per heavy atom. The first kappa shape index (κ1) is 14.1. The van der Waals surface area contributed by atoms with Gasteiger partial charge in [0.25, 0.3) is 0 Å². The van der Waals surface area contributed by atoms with Crippen molar-refractivity contribution in [3.8, 4) is 0 Å². The number of carboxylic acid groups (broad SMARTS) is 1. The van der Waals surface area contributed by atoms with Crippen molar-refractivity contribution in [2.75, 3.05) is 17.3 Å². The van der Waals surface area contributed by atoms with Crippen LogP contribution < -0.4 is 5.32 Å². The van der Waals surface area contributed by atoms with Gasteiger partial charge in [-0.15, -0.1) is 0 Å². The molecule has 1 rings (SSSR count). The van der Waals surface area contributed by atoms with E-state index in [1.807, 2.05) is 13.2 Å². The highest BCUT2D eigenvalue weighted by molar-refractivity contribution is 7.98. The molecular formula is C11H15ClN2O2S. The summed E-state index contributed by atoms with van der Waals surface area (Å²) < 4.78 is 0. The molecule has 0 spiro atoms. The number of rotatable bonds is 6. The molecule has 0 radical (unpaired) electrons. The van der Waals surface area contributed by atoms with Crippen molar-refractivity contribution in [3.63, 3.8) is 0 Å². The number of carbonyl (C=O) groups is 1. The topological polar surface area (TPSA) is 62.2 Å². The lowest BCUT2D eigenvalue weighted by molar-refractivity contribution is 0.0697. The highest BCUT2D eigenvalue weighted by Gasteiger charge is 2.09. The molecule has 0 amide bonds. The van der Waals surface area contributed by atoms with Crippen LogP contribution in [0, 0.1) is 0 Å². The van der Waals surface area contributed by atoms with Crippen LogP contribution in [-0.4, -0.2) is 34.1 Å². The van der Waals surface area contributed by atoms with Crippen LogP contribution >= 0.6 is 23.4 Å². The predicted octanol–water partition coefficient (Wildman–Crippen LogP) is 2.99. The number of hydrogen-bond acceptors (Lipinski definition) is 4. The Morgan fingerprint density at radius 3 is 2.94 bits per heavy atom. The molecule has 6 heteroatoms. The summed E-state index contributed by atoms with van der Waals surface area (Å²) in [6.07, 6.45) is 3.03. The van der Waals surface area contributed by atoms with Gasteiger partial charge < -0.3 is 10.4 Å². The van der Waals surface area contributed by atoms with Crippen molar-refractivity contribution < 1.29 is 9.90 Å². The summed E-state index contributed by atoms with van der Waals surface area (Å²) in [5.74, 6) is 0.540. The van der Waals surface area contributed by atoms with Crippen molar-refractivity contribution in [2.24, 2.45) is 0 Å². The van der Waals surface area contributed by atoms with Gasteiger partial charge in [0.05, 0.1) is 5.56 Å². The van der Waals surface area contributed by atoms with Gasteiger partial charge in [-0.05, 0) is 37.5 Å². The van der Waals surface area contributed by atoms with Gasteiger partial charge in [0, 0.05) is 6.04 Å². The molecule has 0 aliphatic carbocycles. The third-order valence-electron chi connectivity index (χ3n) is 2.19. The van der Waals surface area contributed by atoms with Crippen molar-refractivity contribution >= 4 is 35.1 Å². The summed E-state index contributed by atoms with van der Waals surface area (Å²) in [5, 5.41) is 12.2. The summed E-state index contributed by atoms with van der Waals surface area (Å²) in [6.45, 7) is 2.03. The first-order valence-corrected chi connectivity index (χ1v) is 6.96. The van der Waals surface area contributed by atoms with Crippen molar-refractivity contribution in [1.29, 1.82) is 0 Å². The van der Waals surface area contributed by atoms with E-state index in [1.54, 1.807) is 11.8 Å². The molecular weight excluding hydrogens is 260 g/mol. The first-order valence-electron chi connectivity index (χ1n) is 5.19. The predicted molar refractivity (Wildman–Crippen MR) is 72.3 cm³/mol. The molecule has 0 aliphatic heterocycles. The fourth-order valence-corrected chi connectivity index (χ4v) is 2.11. The lowest BCUT2D eigenvalue weighted by Gasteiger charge is -2.14. The normalized spacial score (nSPS) is 12.2. The molecule has 2 N–H and O–H groups in total. The number of anilines is 1. The first-order chi connectivity index (χ1) is 8.02. The number of nitrogens with zero attached hydrogens (tertiary/aromatic N) is 1. The van der Waals surface area contributed by atoms with Crippen molar-refractivity contribution in [1.82, 2.24) is 4.98 Å². The number of aromatic nitrogens is 1. The van der Waals surface area contributed by atoms with E-state index in [4.69, 9.17) is 16.7 Å². The number of carboxylic acids is 1. The largest absolute Gasteiger partial charge is 0.478 e. The minimum atomic E-state index is -1.01. The average molecular weight is 275 g/mol. The molecule has 94 valence electrons. The van der Waals surface area contributed by atoms with Crippen molar-refractivity contribution in [3.05, 3.63) is 22.8 Å².